The highest BCUT2D eigenvalue weighted by Gasteiger charge is 2.17. The second-order valence-corrected chi connectivity index (χ2v) is 5.65. The van der Waals surface area contributed by atoms with Crippen LogP contribution in [0.5, 0.6) is 0 Å². The monoisotopic (exact) mass is 371 g/mol. The van der Waals surface area contributed by atoms with Gasteiger partial charge in [0.15, 0.2) is 0 Å². The van der Waals surface area contributed by atoms with Crippen LogP contribution in [-0.4, -0.2) is 22.4 Å². The van der Waals surface area contributed by atoms with E-state index in [1.54, 1.807) is 24.7 Å². The van der Waals surface area contributed by atoms with E-state index in [-0.39, 0.29) is 5.97 Å². The summed E-state index contributed by atoms with van der Waals surface area (Å²) in [6.45, 7) is 2.52. The number of ether oxygens (including phenoxy) is 1. The minimum absolute atomic E-state index is 0.331. The molecule has 1 aromatic carbocycles. The van der Waals surface area contributed by atoms with Crippen LogP contribution in [0, 0.1) is 0 Å². The third-order valence-corrected chi connectivity index (χ3v) is 3.75. The zero-order valence-electron chi connectivity index (χ0n) is 11.7. The molecule has 21 heavy (non-hydrogen) atoms. The average Bonchev–Trinajstić information content (AvgIpc) is 2.81. The molecule has 112 valence electrons. The zero-order chi connectivity index (χ0) is 15.4. The number of hydrogen-bond donors (Lipinski definition) is 1. The van der Waals surface area contributed by atoms with Crippen molar-refractivity contribution >= 4 is 39.2 Å². The van der Waals surface area contributed by atoms with Gasteiger partial charge in [0, 0.05) is 11.5 Å². The maximum Gasteiger partial charge on any atom is 0.341 e. The predicted molar refractivity (Wildman–Crippen MR) is 85.6 cm³/mol. The maximum absolute atomic E-state index is 11.9. The molecule has 0 spiro atoms. The molecule has 0 saturated carbocycles. The third-order valence-electron chi connectivity index (χ3n) is 2.93. The normalized spacial score (nSPS) is 10.5. The van der Waals surface area contributed by atoms with E-state index >= 15 is 0 Å². The second kappa shape index (κ2) is 6.95. The van der Waals surface area contributed by atoms with Gasteiger partial charge in [-0.15, -0.1) is 0 Å². The summed E-state index contributed by atoms with van der Waals surface area (Å²) in [5.41, 5.74) is 1.98. The van der Waals surface area contributed by atoms with Crippen LogP contribution < -0.4 is 5.32 Å². The molecule has 1 N–H and O–H groups in total. The molecule has 1 aromatic heterocycles. The molecular formula is C14H15BrClN3O2. The molecule has 2 rings (SSSR count). The number of halogens is 2. The van der Waals surface area contributed by atoms with Gasteiger partial charge < -0.3 is 10.1 Å². The molecular weight excluding hydrogens is 358 g/mol. The van der Waals surface area contributed by atoms with Crippen molar-refractivity contribution in [1.29, 1.82) is 0 Å². The molecule has 0 saturated heterocycles. The topological polar surface area (TPSA) is 56.1 Å². The van der Waals surface area contributed by atoms with E-state index in [1.807, 2.05) is 12.1 Å². The lowest BCUT2D eigenvalue weighted by Gasteiger charge is -2.10. The van der Waals surface area contributed by atoms with Crippen molar-refractivity contribution < 1.29 is 9.53 Å². The lowest BCUT2D eigenvalue weighted by atomic mass is 10.2. The van der Waals surface area contributed by atoms with Crippen LogP contribution in [0.4, 0.5) is 5.69 Å². The standard InChI is InChI=1S/C14H15BrClN3O2/c1-3-21-14(20)10-7-18-19(2)13(10)8-17-12-6-9(15)4-5-11(12)16/h4-7,17H,3,8H2,1-2H3. The van der Waals surface area contributed by atoms with Gasteiger partial charge in [-0.1, -0.05) is 27.5 Å². The number of nitrogens with zero attached hydrogens (tertiary/aromatic N) is 2. The number of rotatable bonds is 5. The first kappa shape index (κ1) is 15.9. The Bertz CT molecular complexity index is 658. The number of aromatic nitrogens is 2. The molecule has 0 radical (unpaired) electrons. The number of aryl methyl sites for hydroxylation is 1. The number of esters is 1. The van der Waals surface area contributed by atoms with E-state index in [2.05, 4.69) is 26.3 Å². The maximum atomic E-state index is 11.9. The lowest BCUT2D eigenvalue weighted by Crippen LogP contribution is -2.12. The highest BCUT2D eigenvalue weighted by molar-refractivity contribution is 9.10. The van der Waals surface area contributed by atoms with Gasteiger partial charge in [-0.3, -0.25) is 4.68 Å². The zero-order valence-corrected chi connectivity index (χ0v) is 14.0. The Balaban J connectivity index is 2.18. The number of carbonyl (C=O) groups is 1. The molecule has 0 fully saturated rings. The van der Waals surface area contributed by atoms with Crippen LogP contribution in [0.2, 0.25) is 5.02 Å². The van der Waals surface area contributed by atoms with Gasteiger partial charge in [0.25, 0.3) is 0 Å². The Morgan fingerprint density at radius 1 is 1.52 bits per heavy atom. The fourth-order valence-electron chi connectivity index (χ4n) is 1.86. The summed E-state index contributed by atoms with van der Waals surface area (Å²) in [7, 11) is 1.78. The summed E-state index contributed by atoms with van der Waals surface area (Å²) in [5.74, 6) is -0.372. The molecule has 7 heteroatoms. The second-order valence-electron chi connectivity index (χ2n) is 4.33. The molecule has 0 aliphatic heterocycles. The van der Waals surface area contributed by atoms with Crippen molar-refractivity contribution in [3.8, 4) is 0 Å². The third kappa shape index (κ3) is 3.77. The van der Waals surface area contributed by atoms with Crippen molar-refractivity contribution in [1.82, 2.24) is 9.78 Å². The van der Waals surface area contributed by atoms with Crippen LogP contribution in [-0.2, 0) is 18.3 Å². The van der Waals surface area contributed by atoms with Gasteiger partial charge in [-0.2, -0.15) is 5.10 Å². The quantitative estimate of drug-likeness (QED) is 0.814. The predicted octanol–water partition coefficient (Wildman–Crippen LogP) is 3.62. The van der Waals surface area contributed by atoms with Crippen molar-refractivity contribution in [2.75, 3.05) is 11.9 Å². The van der Waals surface area contributed by atoms with Crippen LogP contribution in [0.25, 0.3) is 0 Å². The van der Waals surface area contributed by atoms with Crippen LogP contribution in [0.15, 0.2) is 28.9 Å². The Labute approximate surface area is 136 Å². The highest BCUT2D eigenvalue weighted by atomic mass is 79.9. The van der Waals surface area contributed by atoms with Crippen molar-refractivity contribution in [2.24, 2.45) is 7.05 Å². The number of anilines is 1. The van der Waals surface area contributed by atoms with Crippen LogP contribution in [0.1, 0.15) is 23.0 Å². The lowest BCUT2D eigenvalue weighted by molar-refractivity contribution is 0.0525. The van der Waals surface area contributed by atoms with E-state index in [0.717, 1.165) is 15.9 Å². The van der Waals surface area contributed by atoms with Gasteiger partial charge in [0.05, 0.1) is 35.8 Å². The summed E-state index contributed by atoms with van der Waals surface area (Å²) >= 11 is 9.53. The molecule has 0 amide bonds. The summed E-state index contributed by atoms with van der Waals surface area (Å²) in [4.78, 5) is 11.9. The number of nitrogens with one attached hydrogen (secondary N) is 1. The van der Waals surface area contributed by atoms with Crippen LogP contribution in [0.3, 0.4) is 0 Å². The van der Waals surface area contributed by atoms with Crippen molar-refractivity contribution in [2.45, 2.75) is 13.5 Å². The number of hydrogen-bond acceptors (Lipinski definition) is 4. The Morgan fingerprint density at radius 2 is 2.29 bits per heavy atom. The van der Waals surface area contributed by atoms with Gasteiger partial charge in [-0.25, -0.2) is 4.79 Å². The minimum Gasteiger partial charge on any atom is -0.462 e. The summed E-state index contributed by atoms with van der Waals surface area (Å²) in [6.07, 6.45) is 1.51. The van der Waals surface area contributed by atoms with Gasteiger partial charge in [-0.05, 0) is 25.1 Å². The van der Waals surface area contributed by atoms with E-state index in [1.165, 1.54) is 6.20 Å². The molecule has 0 aliphatic carbocycles. The van der Waals surface area contributed by atoms with Crippen LogP contribution >= 0.6 is 27.5 Å². The average molecular weight is 373 g/mol. The highest BCUT2D eigenvalue weighted by Crippen LogP contribution is 2.26. The smallest absolute Gasteiger partial charge is 0.341 e. The Kier molecular flexibility index (Phi) is 5.25. The van der Waals surface area contributed by atoms with Gasteiger partial charge in [0.2, 0.25) is 0 Å². The fraction of sp³-hybridized carbons (Fsp3) is 0.286. The van der Waals surface area contributed by atoms with E-state index in [0.29, 0.717) is 23.7 Å². The van der Waals surface area contributed by atoms with E-state index in [9.17, 15) is 4.79 Å². The van der Waals surface area contributed by atoms with Gasteiger partial charge in [0.1, 0.15) is 5.56 Å². The molecule has 0 aliphatic rings. The minimum atomic E-state index is -0.372. The summed E-state index contributed by atoms with van der Waals surface area (Å²) in [6, 6.07) is 5.54. The van der Waals surface area contributed by atoms with Crippen molar-refractivity contribution in [3.63, 3.8) is 0 Å². The molecule has 0 atom stereocenters. The summed E-state index contributed by atoms with van der Waals surface area (Å²) < 4.78 is 7.59. The molecule has 5 nitrogen and oxygen atoms in total. The first-order valence-corrected chi connectivity index (χ1v) is 7.57. The summed E-state index contributed by atoms with van der Waals surface area (Å²) in [5, 5.41) is 7.92. The van der Waals surface area contributed by atoms with E-state index in [4.69, 9.17) is 16.3 Å². The Hall–Kier alpha value is -1.53. The van der Waals surface area contributed by atoms with E-state index < -0.39 is 0 Å². The molecule has 0 bridgehead atoms. The fourth-order valence-corrected chi connectivity index (χ4v) is 2.41. The van der Waals surface area contributed by atoms with Crippen molar-refractivity contribution in [3.05, 3.63) is 45.1 Å². The first-order chi connectivity index (χ1) is 10.0. The largest absolute Gasteiger partial charge is 0.462 e. The van der Waals surface area contributed by atoms with Gasteiger partial charge >= 0.3 is 5.97 Å². The number of carbonyl (C=O) groups excluding carboxylic acids is 1. The molecule has 0 unspecified atom stereocenters. The molecule has 1 heterocycles. The number of benzene rings is 1. The SMILES string of the molecule is CCOC(=O)c1cnn(C)c1CNc1cc(Br)ccc1Cl. The first-order valence-electron chi connectivity index (χ1n) is 6.39. The Morgan fingerprint density at radius 3 is 3.00 bits per heavy atom. The molecule has 2 aromatic rings.